The highest BCUT2D eigenvalue weighted by molar-refractivity contribution is 5.33. The van der Waals surface area contributed by atoms with Crippen LogP contribution < -0.4 is 0 Å². The lowest BCUT2D eigenvalue weighted by Crippen LogP contribution is -2.50. The van der Waals surface area contributed by atoms with E-state index in [1.807, 2.05) is 12.5 Å². The molecule has 6 rings (SSSR count). The third-order valence-corrected chi connectivity index (χ3v) is 10.4. The molecule has 32 heavy (non-hydrogen) atoms. The highest BCUT2D eigenvalue weighted by atomic mass is 16.5. The molecule has 174 valence electrons. The summed E-state index contributed by atoms with van der Waals surface area (Å²) >= 11 is 0. The maximum Gasteiger partial charge on any atom is 0.0940 e. The van der Waals surface area contributed by atoms with Crippen LogP contribution in [0.3, 0.4) is 0 Å². The van der Waals surface area contributed by atoms with E-state index in [2.05, 4.69) is 43.0 Å². The Hall–Kier alpha value is -1.32. The van der Waals surface area contributed by atoms with Crippen LogP contribution in [0.25, 0.3) is 0 Å². The van der Waals surface area contributed by atoms with Crippen molar-refractivity contribution < 1.29 is 9.15 Å². The number of hydrogen-bond acceptors (Lipinski definition) is 3. The number of ether oxygens (including phenoxy) is 1. The predicted molar refractivity (Wildman–Crippen MR) is 128 cm³/mol. The summed E-state index contributed by atoms with van der Waals surface area (Å²) in [5, 5.41) is 0. The first-order valence-corrected chi connectivity index (χ1v) is 13.3. The monoisotopic (exact) mass is 435 g/mol. The number of fused-ring (bicyclic) bond motifs is 5. The minimum atomic E-state index is 0.350. The van der Waals surface area contributed by atoms with E-state index in [-0.39, 0.29) is 0 Å². The van der Waals surface area contributed by atoms with Gasteiger partial charge in [-0.2, -0.15) is 0 Å². The van der Waals surface area contributed by atoms with Crippen molar-refractivity contribution in [2.45, 2.75) is 77.2 Å². The van der Waals surface area contributed by atoms with Gasteiger partial charge in [0, 0.05) is 12.5 Å². The fraction of sp³-hybridized carbons (Fsp3) is 0.724. The molecule has 2 heterocycles. The van der Waals surface area contributed by atoms with Crippen LogP contribution in [0.15, 0.2) is 46.8 Å². The maximum absolute atomic E-state index is 6.41. The van der Waals surface area contributed by atoms with Gasteiger partial charge in [-0.3, -0.25) is 0 Å². The molecule has 0 bridgehead atoms. The van der Waals surface area contributed by atoms with Gasteiger partial charge < -0.3 is 14.1 Å². The van der Waals surface area contributed by atoms with Crippen LogP contribution in [0, 0.1) is 28.6 Å². The lowest BCUT2D eigenvalue weighted by molar-refractivity contribution is -0.0450. The summed E-state index contributed by atoms with van der Waals surface area (Å²) in [7, 11) is 0. The fourth-order valence-corrected chi connectivity index (χ4v) is 8.53. The zero-order valence-electron chi connectivity index (χ0n) is 20.1. The minimum Gasteiger partial charge on any atom is -0.472 e. The zero-order valence-corrected chi connectivity index (χ0v) is 20.1. The molecule has 2 saturated carbocycles. The van der Waals surface area contributed by atoms with E-state index in [9.17, 15) is 0 Å². The van der Waals surface area contributed by atoms with Crippen LogP contribution in [-0.4, -0.2) is 37.2 Å². The average molecular weight is 436 g/mol. The molecule has 7 atom stereocenters. The maximum atomic E-state index is 6.41. The molecule has 0 N–H and O–H groups in total. The Kier molecular flexibility index (Phi) is 5.42. The van der Waals surface area contributed by atoms with Gasteiger partial charge in [-0.15, -0.1) is 0 Å². The zero-order chi connectivity index (χ0) is 21.8. The second kappa shape index (κ2) is 8.17. The summed E-state index contributed by atoms with van der Waals surface area (Å²) in [4.78, 5) is 2.57. The molecule has 1 aromatic heterocycles. The smallest absolute Gasteiger partial charge is 0.0940 e. The van der Waals surface area contributed by atoms with Crippen LogP contribution in [-0.2, 0) is 4.74 Å². The molecule has 0 amide bonds. The molecule has 0 aromatic carbocycles. The van der Waals surface area contributed by atoms with E-state index in [4.69, 9.17) is 9.15 Å². The third kappa shape index (κ3) is 3.38. The van der Waals surface area contributed by atoms with Crippen molar-refractivity contribution in [3.63, 3.8) is 0 Å². The number of allylic oxidation sites excluding steroid dienone is 3. The van der Waals surface area contributed by atoms with Gasteiger partial charge in [-0.05, 0) is 105 Å². The summed E-state index contributed by atoms with van der Waals surface area (Å²) in [6, 6.07) is 2.18. The Morgan fingerprint density at radius 3 is 2.81 bits per heavy atom. The largest absolute Gasteiger partial charge is 0.472 e. The lowest BCUT2D eigenvalue weighted by Gasteiger charge is -2.58. The highest BCUT2D eigenvalue weighted by Gasteiger charge is 2.57. The molecule has 3 nitrogen and oxygen atoms in total. The second-order valence-electron chi connectivity index (χ2n) is 11.9. The highest BCUT2D eigenvalue weighted by Crippen LogP contribution is 2.66. The second-order valence-corrected chi connectivity index (χ2v) is 11.9. The van der Waals surface area contributed by atoms with Gasteiger partial charge in [0.2, 0.25) is 0 Å². The predicted octanol–water partition coefficient (Wildman–Crippen LogP) is 6.58. The molecule has 1 saturated heterocycles. The lowest BCUT2D eigenvalue weighted by atomic mass is 9.47. The minimum absolute atomic E-state index is 0.350. The first-order valence-electron chi connectivity index (χ1n) is 13.3. The summed E-state index contributed by atoms with van der Waals surface area (Å²) in [5.41, 5.74) is 3.84. The summed E-state index contributed by atoms with van der Waals surface area (Å²) in [6.07, 6.45) is 22.4. The van der Waals surface area contributed by atoms with E-state index in [1.165, 1.54) is 70.0 Å². The Balaban J connectivity index is 1.14. The first-order chi connectivity index (χ1) is 15.6. The van der Waals surface area contributed by atoms with E-state index in [0.717, 1.165) is 25.0 Å². The molecule has 0 spiro atoms. The Morgan fingerprint density at radius 1 is 1.12 bits per heavy atom. The fourth-order valence-electron chi connectivity index (χ4n) is 8.53. The molecule has 1 aromatic rings. The molecule has 0 unspecified atom stereocenters. The molecule has 3 fully saturated rings. The molecular weight excluding hydrogens is 394 g/mol. The van der Waals surface area contributed by atoms with Gasteiger partial charge in [0.05, 0.1) is 25.2 Å². The van der Waals surface area contributed by atoms with E-state index < -0.39 is 0 Å². The van der Waals surface area contributed by atoms with E-state index in [1.54, 1.807) is 5.57 Å². The number of furan rings is 1. The van der Waals surface area contributed by atoms with E-state index in [0.29, 0.717) is 28.8 Å². The number of rotatable bonds is 5. The van der Waals surface area contributed by atoms with Crippen LogP contribution in [0.4, 0.5) is 0 Å². The molecule has 4 aliphatic carbocycles. The number of nitrogens with zero attached hydrogens (tertiary/aromatic N) is 1. The molecular formula is C29H41NO2. The van der Waals surface area contributed by atoms with Gasteiger partial charge in [0.1, 0.15) is 0 Å². The molecule has 0 radical (unpaired) electrons. The summed E-state index contributed by atoms with van der Waals surface area (Å²) in [5.74, 6) is 2.84. The van der Waals surface area contributed by atoms with Crippen LogP contribution >= 0.6 is 0 Å². The van der Waals surface area contributed by atoms with Crippen molar-refractivity contribution in [1.29, 1.82) is 0 Å². The van der Waals surface area contributed by atoms with Gasteiger partial charge >= 0.3 is 0 Å². The van der Waals surface area contributed by atoms with Crippen molar-refractivity contribution in [3.8, 4) is 0 Å². The Labute approximate surface area is 194 Å². The van der Waals surface area contributed by atoms with Crippen molar-refractivity contribution in [2.24, 2.45) is 28.6 Å². The first kappa shape index (κ1) is 21.2. The average Bonchev–Trinajstić information content (AvgIpc) is 3.54. The third-order valence-electron chi connectivity index (χ3n) is 10.4. The molecule has 5 aliphatic rings. The van der Waals surface area contributed by atoms with Crippen molar-refractivity contribution >= 4 is 0 Å². The summed E-state index contributed by atoms with van der Waals surface area (Å²) < 4.78 is 11.9. The SMILES string of the molecule is C[C@]12CC[C@H]3[C@@H](CC=C4C[C@@H](OCCN5CCCC5)CC[C@@]43C)[C@H]1C=C[C@@H]2c1ccoc1. The summed E-state index contributed by atoms with van der Waals surface area (Å²) in [6.45, 7) is 9.75. The van der Waals surface area contributed by atoms with Crippen LogP contribution in [0.1, 0.15) is 76.7 Å². The normalized spacial score (nSPS) is 43.6. The standard InChI is InChI=1S/C29H41NO2/c1-28-12-9-23(32-18-16-30-14-3-4-15-30)19-22(28)5-6-24-26-8-7-25(21-11-17-31-20-21)29(26,2)13-10-27(24)28/h5,7-8,11,17,20,23-27H,3-4,6,9-10,12-16,18-19H2,1-2H3/t23-,24-,25+,26+,27-,28-,29+/m0/s1. The molecule has 1 aliphatic heterocycles. The van der Waals surface area contributed by atoms with Crippen molar-refractivity contribution in [1.82, 2.24) is 4.90 Å². The number of hydrogen-bond donors (Lipinski definition) is 0. The van der Waals surface area contributed by atoms with Gasteiger partial charge in [0.15, 0.2) is 0 Å². The van der Waals surface area contributed by atoms with Gasteiger partial charge in [-0.1, -0.05) is 37.6 Å². The topological polar surface area (TPSA) is 25.6 Å². The quantitative estimate of drug-likeness (QED) is 0.488. The van der Waals surface area contributed by atoms with Crippen molar-refractivity contribution in [3.05, 3.63) is 48.0 Å². The van der Waals surface area contributed by atoms with Gasteiger partial charge in [0.25, 0.3) is 0 Å². The van der Waals surface area contributed by atoms with Crippen LogP contribution in [0.2, 0.25) is 0 Å². The van der Waals surface area contributed by atoms with Crippen molar-refractivity contribution in [2.75, 3.05) is 26.2 Å². The Bertz CT molecular complexity index is 866. The number of likely N-dealkylation sites (tertiary alicyclic amines) is 1. The Morgan fingerprint density at radius 2 is 2.00 bits per heavy atom. The van der Waals surface area contributed by atoms with Crippen LogP contribution in [0.5, 0.6) is 0 Å². The van der Waals surface area contributed by atoms with E-state index >= 15 is 0 Å². The van der Waals surface area contributed by atoms with Gasteiger partial charge in [-0.25, -0.2) is 0 Å². The molecule has 3 heteroatoms.